The number of hydrogen-bond acceptors (Lipinski definition) is 4. The maximum atomic E-state index is 2.83. The van der Waals surface area contributed by atoms with Crippen molar-refractivity contribution in [1.82, 2.24) is 19.6 Å². The molecule has 4 rings (SSSR count). The summed E-state index contributed by atoms with van der Waals surface area (Å²) in [5.41, 5.74) is 0. The fourth-order valence-electron chi connectivity index (χ4n) is 5.48. The first-order valence-electron chi connectivity index (χ1n) is 9.04. The molecule has 3 atom stereocenters. The normalized spacial score (nSPS) is 43.7. The summed E-state index contributed by atoms with van der Waals surface area (Å²) in [7, 11) is 4.56. The average molecular weight is 292 g/mol. The molecule has 120 valence electrons. The molecule has 3 unspecified atom stereocenters. The summed E-state index contributed by atoms with van der Waals surface area (Å²) < 4.78 is 0. The molecule has 0 bridgehead atoms. The highest BCUT2D eigenvalue weighted by atomic mass is 15.3. The Bertz CT molecular complexity index is 352. The van der Waals surface area contributed by atoms with Crippen LogP contribution in [0.2, 0.25) is 0 Å². The number of likely N-dealkylation sites (N-methyl/N-ethyl adjacent to an activating group) is 1. The summed E-state index contributed by atoms with van der Waals surface area (Å²) >= 11 is 0. The van der Waals surface area contributed by atoms with Gasteiger partial charge in [0.25, 0.3) is 0 Å². The number of piperazine rings is 1. The molecule has 0 aromatic rings. The van der Waals surface area contributed by atoms with Crippen molar-refractivity contribution >= 4 is 0 Å². The van der Waals surface area contributed by atoms with Crippen LogP contribution in [0, 0.1) is 11.8 Å². The van der Waals surface area contributed by atoms with Crippen molar-refractivity contribution in [3.8, 4) is 0 Å². The molecule has 4 aliphatic rings. The molecule has 4 fully saturated rings. The maximum absolute atomic E-state index is 2.83. The van der Waals surface area contributed by atoms with Gasteiger partial charge in [-0.3, -0.25) is 9.80 Å². The van der Waals surface area contributed by atoms with Gasteiger partial charge >= 0.3 is 0 Å². The molecule has 0 radical (unpaired) electrons. The maximum Gasteiger partial charge on any atom is 0.0236 e. The number of likely N-dealkylation sites (tertiary alicyclic amines) is 2. The van der Waals surface area contributed by atoms with Gasteiger partial charge in [-0.15, -0.1) is 0 Å². The highest BCUT2D eigenvalue weighted by Crippen LogP contribution is 2.39. The van der Waals surface area contributed by atoms with Crippen LogP contribution < -0.4 is 0 Å². The van der Waals surface area contributed by atoms with Crippen molar-refractivity contribution in [2.75, 3.05) is 66.5 Å². The highest BCUT2D eigenvalue weighted by Gasteiger charge is 2.42. The van der Waals surface area contributed by atoms with E-state index in [0.717, 1.165) is 23.9 Å². The van der Waals surface area contributed by atoms with Gasteiger partial charge in [0.15, 0.2) is 0 Å². The highest BCUT2D eigenvalue weighted by molar-refractivity contribution is 4.96. The van der Waals surface area contributed by atoms with E-state index in [-0.39, 0.29) is 0 Å². The number of hydrogen-bond donors (Lipinski definition) is 0. The Morgan fingerprint density at radius 3 is 1.71 bits per heavy atom. The molecule has 1 aliphatic carbocycles. The minimum Gasteiger partial charge on any atom is -0.306 e. The largest absolute Gasteiger partial charge is 0.306 e. The standard InChI is InChI=1S/C17H32N4/c1-18-4-3-16(13-18)20-5-7-21(8-6-20)17-9-14-11-19(2)12-15(14)10-17/h14-17H,3-13H2,1-2H3. The Morgan fingerprint density at radius 2 is 1.19 bits per heavy atom. The molecule has 4 heteroatoms. The monoisotopic (exact) mass is 292 g/mol. The van der Waals surface area contributed by atoms with Gasteiger partial charge in [-0.2, -0.15) is 0 Å². The van der Waals surface area contributed by atoms with Crippen molar-refractivity contribution in [3.63, 3.8) is 0 Å². The molecule has 0 N–H and O–H groups in total. The smallest absolute Gasteiger partial charge is 0.0236 e. The second kappa shape index (κ2) is 5.80. The van der Waals surface area contributed by atoms with Crippen LogP contribution in [-0.2, 0) is 0 Å². The van der Waals surface area contributed by atoms with Crippen LogP contribution >= 0.6 is 0 Å². The lowest BCUT2D eigenvalue weighted by Crippen LogP contribution is -2.53. The van der Waals surface area contributed by atoms with Crippen molar-refractivity contribution in [2.45, 2.75) is 31.3 Å². The van der Waals surface area contributed by atoms with Gasteiger partial charge in [-0.1, -0.05) is 0 Å². The molecule has 3 aliphatic heterocycles. The number of rotatable bonds is 2. The molecule has 3 saturated heterocycles. The first-order valence-corrected chi connectivity index (χ1v) is 9.04. The van der Waals surface area contributed by atoms with Crippen LogP contribution in [0.5, 0.6) is 0 Å². The first-order chi connectivity index (χ1) is 10.2. The third-order valence-electron chi connectivity index (χ3n) is 6.66. The predicted molar refractivity (Wildman–Crippen MR) is 86.5 cm³/mol. The zero-order valence-corrected chi connectivity index (χ0v) is 13.9. The minimum atomic E-state index is 0.841. The molecule has 4 nitrogen and oxygen atoms in total. The van der Waals surface area contributed by atoms with Crippen LogP contribution in [0.25, 0.3) is 0 Å². The van der Waals surface area contributed by atoms with E-state index >= 15 is 0 Å². The van der Waals surface area contributed by atoms with E-state index in [1.807, 2.05) is 0 Å². The topological polar surface area (TPSA) is 13.0 Å². The van der Waals surface area contributed by atoms with Gasteiger partial charge in [0.1, 0.15) is 0 Å². The second-order valence-electron chi connectivity index (χ2n) is 8.14. The third-order valence-corrected chi connectivity index (χ3v) is 6.66. The summed E-state index contributed by atoms with van der Waals surface area (Å²) in [6, 6.07) is 1.75. The Labute approximate surface area is 130 Å². The van der Waals surface area contributed by atoms with Crippen LogP contribution in [0.15, 0.2) is 0 Å². The Hall–Kier alpha value is -0.160. The van der Waals surface area contributed by atoms with E-state index in [4.69, 9.17) is 0 Å². The Balaban J connectivity index is 1.26. The van der Waals surface area contributed by atoms with Crippen molar-refractivity contribution in [1.29, 1.82) is 0 Å². The van der Waals surface area contributed by atoms with Gasteiger partial charge in [0.05, 0.1) is 0 Å². The van der Waals surface area contributed by atoms with Gasteiger partial charge in [-0.05, 0) is 51.7 Å². The molecule has 0 aromatic carbocycles. The van der Waals surface area contributed by atoms with Crippen molar-refractivity contribution in [2.24, 2.45) is 11.8 Å². The van der Waals surface area contributed by atoms with Crippen LogP contribution in [0.1, 0.15) is 19.3 Å². The molecule has 21 heavy (non-hydrogen) atoms. The Kier molecular flexibility index (Phi) is 3.99. The van der Waals surface area contributed by atoms with Gasteiger partial charge in [0, 0.05) is 57.9 Å². The minimum absolute atomic E-state index is 0.841. The van der Waals surface area contributed by atoms with Gasteiger partial charge in [0.2, 0.25) is 0 Å². The molecule has 0 spiro atoms. The van der Waals surface area contributed by atoms with Crippen LogP contribution in [0.4, 0.5) is 0 Å². The Morgan fingerprint density at radius 1 is 0.619 bits per heavy atom. The lowest BCUT2D eigenvalue weighted by atomic mass is 10.0. The second-order valence-corrected chi connectivity index (χ2v) is 8.14. The first kappa shape index (κ1) is 14.4. The summed E-state index contributed by atoms with van der Waals surface area (Å²) in [5, 5.41) is 0. The fourth-order valence-corrected chi connectivity index (χ4v) is 5.48. The molecular formula is C17H32N4. The molecule has 0 amide bonds. The van der Waals surface area contributed by atoms with E-state index in [9.17, 15) is 0 Å². The van der Waals surface area contributed by atoms with E-state index in [0.29, 0.717) is 0 Å². The molecule has 3 heterocycles. The summed E-state index contributed by atoms with van der Waals surface area (Å²) in [6.07, 6.45) is 4.33. The van der Waals surface area contributed by atoms with E-state index in [2.05, 4.69) is 33.7 Å². The number of nitrogens with zero attached hydrogens (tertiary/aromatic N) is 4. The zero-order chi connectivity index (χ0) is 14.4. The van der Waals surface area contributed by atoms with Crippen molar-refractivity contribution < 1.29 is 0 Å². The van der Waals surface area contributed by atoms with E-state index in [1.165, 1.54) is 71.6 Å². The van der Waals surface area contributed by atoms with Crippen LogP contribution in [-0.4, -0.2) is 98.1 Å². The van der Waals surface area contributed by atoms with Gasteiger partial charge in [-0.25, -0.2) is 0 Å². The molecule has 1 saturated carbocycles. The lowest BCUT2D eigenvalue weighted by Gasteiger charge is -2.41. The van der Waals surface area contributed by atoms with E-state index in [1.54, 1.807) is 0 Å². The molecular weight excluding hydrogens is 260 g/mol. The summed E-state index contributed by atoms with van der Waals surface area (Å²) in [5.74, 6) is 2.00. The predicted octanol–water partition coefficient (Wildman–Crippen LogP) is 0.648. The van der Waals surface area contributed by atoms with E-state index < -0.39 is 0 Å². The summed E-state index contributed by atoms with van der Waals surface area (Å²) in [4.78, 5) is 10.6. The van der Waals surface area contributed by atoms with Gasteiger partial charge < -0.3 is 9.80 Å². The SMILES string of the molecule is CN1CC2CC(N3CCN(C4CCN(C)C4)CC3)CC2C1. The fraction of sp³-hybridized carbons (Fsp3) is 1.00. The quantitative estimate of drug-likeness (QED) is 0.741. The molecule has 0 aromatic heterocycles. The van der Waals surface area contributed by atoms with Crippen LogP contribution in [0.3, 0.4) is 0 Å². The van der Waals surface area contributed by atoms with Crippen molar-refractivity contribution in [3.05, 3.63) is 0 Å². The lowest BCUT2D eigenvalue weighted by molar-refractivity contribution is 0.0694. The third kappa shape index (κ3) is 2.88. The average Bonchev–Trinajstić information content (AvgIpc) is 3.13. The summed E-state index contributed by atoms with van der Waals surface area (Å²) in [6.45, 7) is 10.6. The number of fused-ring (bicyclic) bond motifs is 1. The zero-order valence-electron chi connectivity index (χ0n) is 13.9.